The molecule has 5 nitrogen and oxygen atoms in total. The number of ketones is 1. The summed E-state index contributed by atoms with van der Waals surface area (Å²) in [5.74, 6) is 0.246. The van der Waals surface area contributed by atoms with Gasteiger partial charge in [-0.2, -0.15) is 0 Å². The molecule has 0 heterocycles. The van der Waals surface area contributed by atoms with Crippen molar-refractivity contribution < 1.29 is 14.3 Å². The van der Waals surface area contributed by atoms with Crippen LogP contribution >= 0.6 is 0 Å². The molecule has 0 aromatic carbocycles. The Morgan fingerprint density at radius 1 is 1.26 bits per heavy atom. The van der Waals surface area contributed by atoms with Crippen molar-refractivity contribution in [3.8, 4) is 0 Å². The number of alkyl carbamates (subject to hydrolysis) is 1. The lowest BCUT2D eigenvalue weighted by atomic mass is 10.0. The molecule has 0 aromatic rings. The van der Waals surface area contributed by atoms with Crippen LogP contribution in [0.15, 0.2) is 12.2 Å². The van der Waals surface area contributed by atoms with E-state index in [2.05, 4.69) is 16.7 Å². The van der Waals surface area contributed by atoms with Gasteiger partial charge in [-0.1, -0.05) is 19.4 Å². The highest BCUT2D eigenvalue weighted by molar-refractivity contribution is 5.83. The van der Waals surface area contributed by atoms with E-state index in [0.717, 1.165) is 38.5 Å². The number of carbonyl (C=O) groups excluding carboxylic acids is 2. The van der Waals surface area contributed by atoms with Gasteiger partial charge in [0, 0.05) is 13.0 Å². The summed E-state index contributed by atoms with van der Waals surface area (Å²) in [7, 11) is 1.82. The molecular weight excluding hydrogens is 292 g/mol. The second kappa shape index (κ2) is 12.1. The van der Waals surface area contributed by atoms with E-state index in [1.165, 1.54) is 12.8 Å². The van der Waals surface area contributed by atoms with E-state index in [0.29, 0.717) is 13.0 Å². The largest absolute Gasteiger partial charge is 0.442 e. The minimum absolute atomic E-state index is 0.0630. The van der Waals surface area contributed by atoms with E-state index >= 15 is 0 Å². The number of rotatable bonds is 9. The van der Waals surface area contributed by atoms with Crippen molar-refractivity contribution >= 4 is 11.9 Å². The first-order valence-corrected chi connectivity index (χ1v) is 8.98. The molecular formula is C18H32N2O3. The molecule has 1 aliphatic carbocycles. The Kier molecular flexibility index (Phi) is 10.4. The number of hydrogen-bond acceptors (Lipinski definition) is 4. The maximum Gasteiger partial charge on any atom is 0.407 e. The molecule has 2 N–H and O–H groups in total. The highest BCUT2D eigenvalue weighted by Crippen LogP contribution is 2.14. The third-order valence-electron chi connectivity index (χ3n) is 4.24. The Morgan fingerprint density at radius 2 is 2.09 bits per heavy atom. The molecule has 0 bridgehead atoms. The Balaban J connectivity index is 2.13. The van der Waals surface area contributed by atoms with Crippen LogP contribution in [-0.2, 0) is 9.53 Å². The lowest BCUT2D eigenvalue weighted by molar-refractivity contribution is -0.120. The normalized spacial score (nSPS) is 20.9. The van der Waals surface area contributed by atoms with Crippen molar-refractivity contribution in [1.29, 1.82) is 0 Å². The highest BCUT2D eigenvalue weighted by Gasteiger charge is 2.14. The first-order valence-electron chi connectivity index (χ1n) is 8.98. The van der Waals surface area contributed by atoms with Gasteiger partial charge >= 0.3 is 6.09 Å². The highest BCUT2D eigenvalue weighted by atomic mass is 16.6. The summed E-state index contributed by atoms with van der Waals surface area (Å²) in [6.07, 6.45) is 12.3. The summed E-state index contributed by atoms with van der Waals surface area (Å²) < 4.78 is 5.43. The van der Waals surface area contributed by atoms with Crippen LogP contribution < -0.4 is 10.6 Å². The van der Waals surface area contributed by atoms with Gasteiger partial charge in [-0.15, -0.1) is 0 Å². The fourth-order valence-corrected chi connectivity index (χ4v) is 2.78. The fraction of sp³-hybridized carbons (Fsp3) is 0.778. The molecule has 0 fully saturated rings. The molecule has 0 saturated carbocycles. The Morgan fingerprint density at radius 3 is 2.83 bits per heavy atom. The van der Waals surface area contributed by atoms with Gasteiger partial charge in [0.2, 0.25) is 0 Å². The average Bonchev–Trinajstić information content (AvgIpc) is 2.52. The van der Waals surface area contributed by atoms with E-state index < -0.39 is 0 Å². The molecule has 23 heavy (non-hydrogen) atoms. The van der Waals surface area contributed by atoms with Gasteiger partial charge in [-0.05, 0) is 58.1 Å². The van der Waals surface area contributed by atoms with E-state index in [1.54, 1.807) is 0 Å². The Bertz CT molecular complexity index is 382. The molecule has 0 saturated heterocycles. The maximum absolute atomic E-state index is 11.8. The third kappa shape index (κ3) is 8.74. The number of allylic oxidation sites excluding steroid dienone is 1. The minimum atomic E-state index is -0.338. The molecule has 132 valence electrons. The van der Waals surface area contributed by atoms with E-state index in [4.69, 9.17) is 4.74 Å². The zero-order chi connectivity index (χ0) is 16.9. The summed E-state index contributed by atoms with van der Waals surface area (Å²) in [4.78, 5) is 23.4. The number of nitrogens with one attached hydrogen (secondary N) is 2. The van der Waals surface area contributed by atoms with Crippen molar-refractivity contribution in [2.45, 2.75) is 76.9 Å². The van der Waals surface area contributed by atoms with Gasteiger partial charge in [0.1, 0.15) is 11.9 Å². The average molecular weight is 324 g/mol. The first-order chi connectivity index (χ1) is 11.2. The fourth-order valence-electron chi connectivity index (χ4n) is 2.78. The zero-order valence-corrected chi connectivity index (χ0v) is 14.6. The molecule has 1 unspecified atom stereocenters. The van der Waals surface area contributed by atoms with Crippen LogP contribution in [0.4, 0.5) is 4.79 Å². The van der Waals surface area contributed by atoms with Crippen molar-refractivity contribution in [3.63, 3.8) is 0 Å². The lowest BCUT2D eigenvalue weighted by Gasteiger charge is -2.17. The Labute approximate surface area is 140 Å². The third-order valence-corrected chi connectivity index (χ3v) is 4.24. The van der Waals surface area contributed by atoms with E-state index in [-0.39, 0.29) is 24.0 Å². The molecule has 0 aromatic heterocycles. The van der Waals surface area contributed by atoms with Crippen molar-refractivity contribution in [1.82, 2.24) is 10.6 Å². The van der Waals surface area contributed by atoms with Crippen LogP contribution in [0, 0.1) is 0 Å². The predicted octanol–water partition coefficient (Wildman–Crippen LogP) is 3.34. The standard InChI is InChI=1S/C18H32N2O3/c1-3-17(21)16(19-2)13-9-10-14-20-18(22)23-15-11-7-5-4-6-8-12-15/h7,11,15-16,19H,3-6,8-10,12-14H2,1-2H3,(H,20,22)/b11-7+/t15?,16-/m1/s1. The molecule has 5 heteroatoms. The van der Waals surface area contributed by atoms with Crippen molar-refractivity contribution in [2.24, 2.45) is 0 Å². The van der Waals surface area contributed by atoms with Gasteiger partial charge in [0.15, 0.2) is 0 Å². The van der Waals surface area contributed by atoms with Crippen LogP contribution in [-0.4, -0.2) is 37.6 Å². The second-order valence-electron chi connectivity index (χ2n) is 6.09. The maximum atomic E-state index is 11.8. The second-order valence-corrected chi connectivity index (χ2v) is 6.09. The topological polar surface area (TPSA) is 67.4 Å². The lowest BCUT2D eigenvalue weighted by Crippen LogP contribution is -2.34. The Hall–Kier alpha value is -1.36. The number of ether oxygens (including phenoxy) is 1. The monoisotopic (exact) mass is 324 g/mol. The van der Waals surface area contributed by atoms with Crippen LogP contribution in [0.2, 0.25) is 0 Å². The van der Waals surface area contributed by atoms with Gasteiger partial charge in [-0.3, -0.25) is 4.79 Å². The quantitative estimate of drug-likeness (QED) is 0.504. The van der Waals surface area contributed by atoms with Crippen LogP contribution in [0.25, 0.3) is 0 Å². The van der Waals surface area contributed by atoms with Crippen LogP contribution in [0.1, 0.15) is 64.7 Å². The molecule has 1 rings (SSSR count). The SMILES string of the molecule is CCC(=O)[C@@H](CCCCNC(=O)OC1/C=C/CCCCC1)NC. The summed E-state index contributed by atoms with van der Waals surface area (Å²) in [5.41, 5.74) is 0. The van der Waals surface area contributed by atoms with Gasteiger partial charge < -0.3 is 15.4 Å². The van der Waals surface area contributed by atoms with E-state index in [9.17, 15) is 9.59 Å². The zero-order valence-electron chi connectivity index (χ0n) is 14.6. The summed E-state index contributed by atoms with van der Waals surface area (Å²) >= 11 is 0. The molecule has 2 atom stereocenters. The summed E-state index contributed by atoms with van der Waals surface area (Å²) in [5, 5.41) is 5.85. The number of amides is 1. The number of Topliss-reactive ketones (excluding diaryl/α,β-unsaturated/α-hetero) is 1. The van der Waals surface area contributed by atoms with Crippen molar-refractivity contribution in [3.05, 3.63) is 12.2 Å². The molecule has 0 spiro atoms. The molecule has 0 radical (unpaired) electrons. The number of hydrogen-bond donors (Lipinski definition) is 2. The number of unbranched alkanes of at least 4 members (excludes halogenated alkanes) is 1. The number of likely N-dealkylation sites (N-methyl/N-ethyl adjacent to an activating group) is 1. The molecule has 0 aliphatic heterocycles. The van der Waals surface area contributed by atoms with Crippen molar-refractivity contribution in [2.75, 3.05) is 13.6 Å². The summed E-state index contributed by atoms with van der Waals surface area (Å²) in [6.45, 7) is 2.47. The molecule has 1 aliphatic rings. The van der Waals surface area contributed by atoms with Crippen LogP contribution in [0.3, 0.4) is 0 Å². The summed E-state index contributed by atoms with van der Waals surface area (Å²) in [6, 6.07) is -0.0630. The first kappa shape index (κ1) is 19.7. The van der Waals surface area contributed by atoms with Gasteiger partial charge in [0.25, 0.3) is 0 Å². The van der Waals surface area contributed by atoms with E-state index in [1.807, 2.05) is 20.0 Å². The van der Waals surface area contributed by atoms with Crippen LogP contribution in [0.5, 0.6) is 0 Å². The smallest absolute Gasteiger partial charge is 0.407 e. The van der Waals surface area contributed by atoms with Gasteiger partial charge in [-0.25, -0.2) is 4.79 Å². The van der Waals surface area contributed by atoms with Gasteiger partial charge in [0.05, 0.1) is 6.04 Å². The molecule has 1 amide bonds. The predicted molar refractivity (Wildman–Crippen MR) is 92.5 cm³/mol. The minimum Gasteiger partial charge on any atom is -0.442 e. The number of carbonyl (C=O) groups is 2.